The first kappa shape index (κ1) is 30.0. The Morgan fingerprint density at radius 3 is 2.17 bits per heavy atom. The minimum absolute atomic E-state index is 0.0431. The molecule has 2 aliphatic heterocycles. The van der Waals surface area contributed by atoms with E-state index in [1.807, 2.05) is 0 Å². The fraction of sp³-hybridized carbons (Fsp3) is 0.444. The molecule has 0 aliphatic carbocycles. The number of phenolic OH excluding ortho intramolecular Hbond substituents is 3. The van der Waals surface area contributed by atoms with Crippen LogP contribution in [0.3, 0.4) is 0 Å². The Morgan fingerprint density at radius 2 is 1.45 bits per heavy atom. The number of hydrogen-bond acceptors (Lipinski definition) is 15. The van der Waals surface area contributed by atoms with Crippen molar-refractivity contribution >= 4 is 11.0 Å². The Labute approximate surface area is 236 Å². The van der Waals surface area contributed by atoms with Crippen LogP contribution in [0.4, 0.5) is 0 Å². The van der Waals surface area contributed by atoms with Gasteiger partial charge in [0.05, 0.1) is 18.3 Å². The fourth-order valence-corrected chi connectivity index (χ4v) is 4.83. The number of aliphatic hydroxyl groups excluding tert-OH is 6. The normalized spacial score (nSPS) is 33.5. The van der Waals surface area contributed by atoms with Crippen molar-refractivity contribution in [3.8, 4) is 34.3 Å². The lowest BCUT2D eigenvalue weighted by Crippen LogP contribution is -2.61. The number of hydrogen-bond donors (Lipinski definition) is 9. The van der Waals surface area contributed by atoms with Crippen molar-refractivity contribution in [1.29, 1.82) is 0 Å². The summed E-state index contributed by atoms with van der Waals surface area (Å²) >= 11 is 0. The zero-order valence-electron chi connectivity index (χ0n) is 21.9. The molecular formula is C27H30O15. The van der Waals surface area contributed by atoms with E-state index in [1.165, 1.54) is 31.2 Å². The van der Waals surface area contributed by atoms with Crippen LogP contribution in [-0.4, -0.2) is 114 Å². The largest absolute Gasteiger partial charge is 0.508 e. The molecule has 0 saturated carbocycles. The van der Waals surface area contributed by atoms with Crippen LogP contribution in [0.25, 0.3) is 22.3 Å². The quantitative estimate of drug-likeness (QED) is 0.159. The van der Waals surface area contributed by atoms with Crippen LogP contribution in [-0.2, 0) is 14.2 Å². The SMILES string of the molecule is C[C@@H]1O[C@@H](OC[C@@H]2O[C@@H](Oc3c(-c4ccccc4O)oc4cc(O)cc(O)c4c3=O)[C@H](O)[C@H](O)[C@@H]2O)[C@H](O)[C@H](O)[C@H]1O. The number of rotatable bonds is 6. The summed E-state index contributed by atoms with van der Waals surface area (Å²) in [6, 6.07) is 7.63. The highest BCUT2D eigenvalue weighted by molar-refractivity contribution is 5.88. The molecule has 228 valence electrons. The second-order valence-electron chi connectivity index (χ2n) is 10.1. The zero-order valence-corrected chi connectivity index (χ0v) is 21.9. The van der Waals surface area contributed by atoms with Crippen LogP contribution >= 0.6 is 0 Å². The molecule has 2 aliphatic rings. The molecule has 3 aromatic rings. The van der Waals surface area contributed by atoms with E-state index in [0.717, 1.165) is 12.1 Å². The van der Waals surface area contributed by atoms with Gasteiger partial charge in [-0.2, -0.15) is 0 Å². The maximum atomic E-state index is 13.6. The monoisotopic (exact) mass is 594 g/mol. The number of aromatic hydroxyl groups is 3. The summed E-state index contributed by atoms with van der Waals surface area (Å²) in [5.74, 6) is -2.45. The summed E-state index contributed by atoms with van der Waals surface area (Å²) in [5.41, 5.74) is -1.29. The van der Waals surface area contributed by atoms with Crippen LogP contribution in [0.2, 0.25) is 0 Å². The molecule has 2 saturated heterocycles. The maximum absolute atomic E-state index is 13.6. The topological polar surface area (TPSA) is 249 Å². The first-order valence-corrected chi connectivity index (χ1v) is 12.9. The summed E-state index contributed by atoms with van der Waals surface area (Å²) in [4.78, 5) is 13.6. The van der Waals surface area contributed by atoms with Crippen molar-refractivity contribution in [3.05, 3.63) is 46.6 Å². The fourth-order valence-electron chi connectivity index (χ4n) is 4.83. The summed E-state index contributed by atoms with van der Waals surface area (Å²) in [6.45, 7) is 0.850. The molecule has 15 nitrogen and oxygen atoms in total. The Morgan fingerprint density at radius 1 is 0.786 bits per heavy atom. The zero-order chi connectivity index (χ0) is 30.5. The molecule has 2 aromatic carbocycles. The molecule has 3 heterocycles. The molecule has 2 fully saturated rings. The van der Waals surface area contributed by atoms with Crippen molar-refractivity contribution in [2.45, 2.75) is 68.3 Å². The third kappa shape index (κ3) is 5.37. The van der Waals surface area contributed by atoms with Crippen LogP contribution in [0.15, 0.2) is 45.6 Å². The molecule has 15 heteroatoms. The summed E-state index contributed by atoms with van der Waals surface area (Å²) < 4.78 is 27.9. The van der Waals surface area contributed by atoms with Gasteiger partial charge in [-0.15, -0.1) is 0 Å². The molecular weight excluding hydrogens is 564 g/mol. The predicted octanol–water partition coefficient (Wildman–Crippen LogP) is -1.39. The van der Waals surface area contributed by atoms with Gasteiger partial charge in [-0.1, -0.05) is 12.1 Å². The van der Waals surface area contributed by atoms with Gasteiger partial charge < -0.3 is 69.3 Å². The highest BCUT2D eigenvalue weighted by Crippen LogP contribution is 2.40. The Balaban J connectivity index is 1.47. The third-order valence-electron chi connectivity index (χ3n) is 7.20. The van der Waals surface area contributed by atoms with Crippen LogP contribution < -0.4 is 10.2 Å². The van der Waals surface area contributed by atoms with E-state index in [-0.39, 0.29) is 22.7 Å². The van der Waals surface area contributed by atoms with E-state index in [0.29, 0.717) is 0 Å². The molecule has 0 spiro atoms. The minimum atomic E-state index is -1.94. The summed E-state index contributed by atoms with van der Waals surface area (Å²) in [5, 5.41) is 92.1. The summed E-state index contributed by atoms with van der Waals surface area (Å²) in [6.07, 6.45) is -15.9. The second-order valence-corrected chi connectivity index (χ2v) is 10.1. The number of phenols is 3. The van der Waals surface area contributed by atoms with E-state index >= 15 is 0 Å². The van der Waals surface area contributed by atoms with Gasteiger partial charge in [0.2, 0.25) is 17.5 Å². The average Bonchev–Trinajstić information content (AvgIpc) is 2.95. The van der Waals surface area contributed by atoms with E-state index < -0.39 is 96.1 Å². The van der Waals surface area contributed by atoms with Gasteiger partial charge in [0, 0.05) is 12.1 Å². The second kappa shape index (κ2) is 11.6. The molecule has 0 amide bonds. The molecule has 10 atom stereocenters. The van der Waals surface area contributed by atoms with E-state index in [1.54, 1.807) is 0 Å². The van der Waals surface area contributed by atoms with Gasteiger partial charge in [0.15, 0.2) is 12.1 Å². The third-order valence-corrected chi connectivity index (χ3v) is 7.20. The standard InChI is InChI=1S/C27H30O15/c1-9-17(31)20(34)22(36)26(39-9)38-8-15-18(32)21(35)23(37)27(41-15)42-25-19(33)16-13(30)6-10(28)7-14(16)40-24(25)11-4-2-3-5-12(11)29/h2-7,9,15,17-18,20-23,26-32,34-37H,8H2,1H3/t9-,15-,17-,18+,20+,21+,22+,23+,26+,27-/m0/s1. The lowest BCUT2D eigenvalue weighted by atomic mass is 9.98. The van der Waals surface area contributed by atoms with Crippen molar-refractivity contribution < 1.29 is 69.3 Å². The summed E-state index contributed by atoms with van der Waals surface area (Å²) in [7, 11) is 0. The Kier molecular flexibility index (Phi) is 8.30. The molecule has 9 N–H and O–H groups in total. The lowest BCUT2D eigenvalue weighted by molar-refractivity contribution is -0.318. The molecule has 0 unspecified atom stereocenters. The van der Waals surface area contributed by atoms with Crippen LogP contribution in [0, 0.1) is 0 Å². The van der Waals surface area contributed by atoms with Gasteiger partial charge in [-0.3, -0.25) is 4.79 Å². The van der Waals surface area contributed by atoms with Crippen LogP contribution in [0.5, 0.6) is 23.0 Å². The van der Waals surface area contributed by atoms with Gasteiger partial charge >= 0.3 is 0 Å². The molecule has 0 bridgehead atoms. The minimum Gasteiger partial charge on any atom is -0.508 e. The number of benzene rings is 2. The first-order valence-electron chi connectivity index (χ1n) is 12.9. The number of fused-ring (bicyclic) bond motifs is 1. The highest BCUT2D eigenvalue weighted by Gasteiger charge is 2.47. The van der Waals surface area contributed by atoms with Gasteiger partial charge in [-0.05, 0) is 19.1 Å². The van der Waals surface area contributed by atoms with Crippen LogP contribution in [0.1, 0.15) is 6.92 Å². The smallest absolute Gasteiger partial charge is 0.239 e. The molecule has 0 radical (unpaired) electrons. The average molecular weight is 595 g/mol. The van der Waals surface area contributed by atoms with Gasteiger partial charge in [-0.25, -0.2) is 0 Å². The lowest BCUT2D eigenvalue weighted by Gasteiger charge is -2.42. The van der Waals surface area contributed by atoms with E-state index in [4.69, 9.17) is 23.4 Å². The van der Waals surface area contributed by atoms with Crippen molar-refractivity contribution in [1.82, 2.24) is 0 Å². The molecule has 42 heavy (non-hydrogen) atoms. The van der Waals surface area contributed by atoms with Crippen molar-refractivity contribution in [2.75, 3.05) is 6.61 Å². The van der Waals surface area contributed by atoms with Crippen molar-refractivity contribution in [3.63, 3.8) is 0 Å². The molecule has 5 rings (SSSR count). The van der Waals surface area contributed by atoms with E-state index in [9.17, 15) is 50.8 Å². The number of ether oxygens (including phenoxy) is 4. The number of aliphatic hydroxyl groups is 6. The predicted molar refractivity (Wildman–Crippen MR) is 139 cm³/mol. The maximum Gasteiger partial charge on any atom is 0.239 e. The molecule has 1 aromatic heterocycles. The van der Waals surface area contributed by atoms with Crippen molar-refractivity contribution in [2.24, 2.45) is 0 Å². The number of para-hydroxylation sites is 1. The first-order chi connectivity index (χ1) is 19.9. The van der Waals surface area contributed by atoms with E-state index in [2.05, 4.69) is 0 Å². The van der Waals surface area contributed by atoms with Gasteiger partial charge in [0.25, 0.3) is 0 Å². The van der Waals surface area contributed by atoms with Gasteiger partial charge in [0.1, 0.15) is 70.9 Å². The highest BCUT2D eigenvalue weighted by atomic mass is 16.7. The Bertz CT molecular complexity index is 1490. The Hall–Kier alpha value is -3.51.